The largest absolute Gasteiger partial charge is 0.489 e. The third kappa shape index (κ3) is 4.66. The molecular weight excluding hydrogens is 466 g/mol. The second-order valence-electron chi connectivity index (χ2n) is 11.6. The zero-order valence-corrected chi connectivity index (χ0v) is 21.3. The van der Waals surface area contributed by atoms with Crippen LogP contribution in [0.25, 0.3) is 0 Å². The summed E-state index contributed by atoms with van der Waals surface area (Å²) in [5.74, 6) is 2.72. The molecule has 2 aromatic rings. The number of nitrogens with one attached hydrogen (secondary N) is 1. The fourth-order valence-electron chi connectivity index (χ4n) is 6.66. The number of piperidine rings is 1. The molecular formula is C29H35N5O3. The van der Waals surface area contributed by atoms with Gasteiger partial charge in [0.25, 0.3) is 0 Å². The van der Waals surface area contributed by atoms with Crippen molar-refractivity contribution in [2.75, 3.05) is 13.1 Å². The van der Waals surface area contributed by atoms with Gasteiger partial charge in [-0.15, -0.1) is 0 Å². The van der Waals surface area contributed by atoms with Gasteiger partial charge in [0.1, 0.15) is 17.7 Å². The molecule has 1 aromatic carbocycles. The quantitative estimate of drug-likeness (QED) is 0.608. The van der Waals surface area contributed by atoms with Crippen LogP contribution >= 0.6 is 0 Å². The number of nitrogens with zero attached hydrogens (tertiary/aromatic N) is 4. The van der Waals surface area contributed by atoms with Crippen LogP contribution in [0.5, 0.6) is 5.75 Å². The zero-order chi connectivity index (χ0) is 24.9. The van der Waals surface area contributed by atoms with Crippen molar-refractivity contribution in [1.82, 2.24) is 25.1 Å². The van der Waals surface area contributed by atoms with Crippen LogP contribution in [0.2, 0.25) is 0 Å². The maximum Gasteiger partial charge on any atom is 0.243 e. The Labute approximate surface area is 217 Å². The average Bonchev–Trinajstić information content (AvgIpc) is 3.64. The van der Waals surface area contributed by atoms with Gasteiger partial charge in [-0.05, 0) is 73.3 Å². The Hall–Kier alpha value is -2.84. The van der Waals surface area contributed by atoms with Gasteiger partial charge in [0.05, 0.1) is 6.04 Å². The predicted octanol–water partition coefficient (Wildman–Crippen LogP) is 3.26. The summed E-state index contributed by atoms with van der Waals surface area (Å²) in [4.78, 5) is 38.0. The predicted molar refractivity (Wildman–Crippen MR) is 137 cm³/mol. The maximum absolute atomic E-state index is 12.4. The van der Waals surface area contributed by atoms with Gasteiger partial charge in [-0.2, -0.15) is 0 Å². The van der Waals surface area contributed by atoms with Crippen molar-refractivity contribution in [2.24, 2.45) is 0 Å². The number of aromatic nitrogens is 2. The molecule has 3 atom stereocenters. The van der Waals surface area contributed by atoms with Crippen molar-refractivity contribution in [3.63, 3.8) is 0 Å². The van der Waals surface area contributed by atoms with Crippen LogP contribution < -0.4 is 10.1 Å². The number of likely N-dealkylation sites (tertiary alicyclic amines) is 1. The highest BCUT2D eigenvalue weighted by molar-refractivity contribution is 6.00. The van der Waals surface area contributed by atoms with E-state index in [-0.39, 0.29) is 24.0 Å². The number of fused-ring (bicyclic) bond motifs is 1. The molecule has 2 saturated heterocycles. The first-order valence-electron chi connectivity index (χ1n) is 14.0. The fraction of sp³-hybridized carbons (Fsp3) is 0.586. The summed E-state index contributed by atoms with van der Waals surface area (Å²) in [6.45, 7) is 3.49. The van der Waals surface area contributed by atoms with Crippen LogP contribution in [0, 0.1) is 0 Å². The van der Waals surface area contributed by atoms with Crippen LogP contribution in [0.1, 0.15) is 85.7 Å². The number of amides is 2. The highest BCUT2D eigenvalue weighted by Gasteiger charge is 2.41. The van der Waals surface area contributed by atoms with E-state index in [1.165, 1.54) is 48.8 Å². The van der Waals surface area contributed by atoms with Crippen molar-refractivity contribution in [3.8, 4) is 5.75 Å². The number of rotatable bonds is 6. The highest BCUT2D eigenvalue weighted by Crippen LogP contribution is 2.40. The second kappa shape index (κ2) is 9.48. The van der Waals surface area contributed by atoms with E-state index < -0.39 is 0 Å². The van der Waals surface area contributed by atoms with Crippen molar-refractivity contribution in [1.29, 1.82) is 0 Å². The van der Waals surface area contributed by atoms with Gasteiger partial charge in [-0.3, -0.25) is 24.7 Å². The number of imide groups is 1. The lowest BCUT2D eigenvalue weighted by Crippen LogP contribution is -2.57. The minimum Gasteiger partial charge on any atom is -0.489 e. The fourth-order valence-corrected chi connectivity index (χ4v) is 6.66. The lowest BCUT2D eigenvalue weighted by molar-refractivity contribution is -0.137. The molecule has 0 radical (unpaired) electrons. The van der Waals surface area contributed by atoms with Crippen LogP contribution in [0.3, 0.4) is 0 Å². The van der Waals surface area contributed by atoms with Gasteiger partial charge >= 0.3 is 0 Å². The Bertz CT molecular complexity index is 1190. The monoisotopic (exact) mass is 501 g/mol. The molecule has 2 saturated carbocycles. The number of carbonyl (C=O) groups is 2. The van der Waals surface area contributed by atoms with Gasteiger partial charge in [-0.25, -0.2) is 9.97 Å². The minimum absolute atomic E-state index is 0.164. The van der Waals surface area contributed by atoms with Gasteiger partial charge in [0.2, 0.25) is 11.8 Å². The van der Waals surface area contributed by atoms with Gasteiger partial charge < -0.3 is 4.74 Å². The first kappa shape index (κ1) is 23.3. The van der Waals surface area contributed by atoms with Crippen molar-refractivity contribution in [2.45, 2.75) is 94.5 Å². The first-order chi connectivity index (χ1) is 18.1. The third-order valence-corrected chi connectivity index (χ3v) is 9.02. The van der Waals surface area contributed by atoms with E-state index in [2.05, 4.69) is 33.3 Å². The lowest BCUT2D eigenvalue weighted by Gasteiger charge is -2.47. The van der Waals surface area contributed by atoms with E-state index in [9.17, 15) is 9.59 Å². The van der Waals surface area contributed by atoms with E-state index >= 15 is 0 Å². The van der Waals surface area contributed by atoms with Crippen LogP contribution in [0.15, 0.2) is 30.6 Å². The zero-order valence-electron chi connectivity index (χ0n) is 21.3. The molecule has 4 fully saturated rings. The Morgan fingerprint density at radius 2 is 1.65 bits per heavy atom. The van der Waals surface area contributed by atoms with Crippen molar-refractivity contribution >= 4 is 11.8 Å². The molecule has 8 nitrogen and oxygen atoms in total. The van der Waals surface area contributed by atoms with Gasteiger partial charge in [0, 0.05) is 57.0 Å². The molecule has 7 rings (SSSR count). The summed E-state index contributed by atoms with van der Waals surface area (Å²) >= 11 is 0. The molecule has 3 aliphatic heterocycles. The average molecular weight is 502 g/mol. The number of carbonyl (C=O) groups excluding carboxylic acids is 2. The molecule has 5 aliphatic rings. The molecule has 4 heterocycles. The summed E-state index contributed by atoms with van der Waals surface area (Å²) in [6.07, 6.45) is 12.6. The van der Waals surface area contributed by atoms with E-state index in [1.807, 2.05) is 12.4 Å². The Morgan fingerprint density at radius 3 is 2.43 bits per heavy atom. The molecule has 1 N–H and O–H groups in total. The Morgan fingerprint density at radius 1 is 0.865 bits per heavy atom. The van der Waals surface area contributed by atoms with E-state index in [1.54, 1.807) is 0 Å². The first-order valence-corrected chi connectivity index (χ1v) is 14.0. The summed E-state index contributed by atoms with van der Waals surface area (Å²) in [7, 11) is 0. The number of hydrogen-bond donors (Lipinski definition) is 1. The normalized spacial score (nSPS) is 29.0. The van der Waals surface area contributed by atoms with Gasteiger partial charge in [-0.1, -0.05) is 12.5 Å². The van der Waals surface area contributed by atoms with Crippen molar-refractivity contribution < 1.29 is 14.3 Å². The maximum atomic E-state index is 12.4. The number of hydrogen-bond acceptors (Lipinski definition) is 7. The van der Waals surface area contributed by atoms with Crippen LogP contribution in [-0.2, 0) is 22.7 Å². The molecule has 1 unspecified atom stereocenters. The molecule has 8 heteroatoms. The summed E-state index contributed by atoms with van der Waals surface area (Å²) < 4.78 is 6.64. The smallest absolute Gasteiger partial charge is 0.243 e. The topological polar surface area (TPSA) is 87.7 Å². The molecule has 0 bridgehead atoms. The summed E-state index contributed by atoms with van der Waals surface area (Å²) in [6, 6.07) is 6.61. The number of ether oxygens (including phenoxy) is 1. The Balaban J connectivity index is 0.976. The van der Waals surface area contributed by atoms with Gasteiger partial charge in [0.15, 0.2) is 0 Å². The van der Waals surface area contributed by atoms with E-state index in [4.69, 9.17) is 14.7 Å². The van der Waals surface area contributed by atoms with Crippen LogP contribution in [-0.4, -0.2) is 62.9 Å². The molecule has 194 valence electrons. The standard InChI is InChI=1S/C29H35N5O3/c35-27-10-9-25(29(36)32-27)34-14-19-7-8-23(11-20(19)15-34)37-26-4-2-1-3-24(26)33-16-22(17-33)28-30-12-21(13-31-28)18-5-6-18/h7-8,11-13,18,22,24-26H,1-6,9-10,14-17H2,(H,32,35,36)/t24-,25?,26-/m0/s1. The summed E-state index contributed by atoms with van der Waals surface area (Å²) in [5.41, 5.74) is 3.77. The highest BCUT2D eigenvalue weighted by atomic mass is 16.5. The third-order valence-electron chi connectivity index (χ3n) is 9.02. The van der Waals surface area contributed by atoms with Crippen molar-refractivity contribution in [3.05, 3.63) is 53.1 Å². The summed E-state index contributed by atoms with van der Waals surface area (Å²) in [5, 5.41) is 2.49. The molecule has 0 spiro atoms. The molecule has 2 amide bonds. The number of benzene rings is 1. The minimum atomic E-state index is -0.231. The lowest BCUT2D eigenvalue weighted by atomic mass is 9.86. The second-order valence-corrected chi connectivity index (χ2v) is 11.6. The SMILES string of the molecule is O=C1CCC(N2Cc3ccc(O[C@H]4CCCC[C@@H]4N4CC(c5ncc(C6CC6)cn5)C4)cc3C2)C(=O)N1. The molecule has 2 aliphatic carbocycles. The van der Waals surface area contributed by atoms with Crippen LogP contribution in [0.4, 0.5) is 0 Å². The molecule has 37 heavy (non-hydrogen) atoms. The molecule has 1 aromatic heterocycles. The Kier molecular flexibility index (Phi) is 5.96. The van der Waals surface area contributed by atoms with E-state index in [0.29, 0.717) is 30.7 Å². The van der Waals surface area contributed by atoms with E-state index in [0.717, 1.165) is 44.2 Å².